The summed E-state index contributed by atoms with van der Waals surface area (Å²) in [4.78, 5) is 0. The Labute approximate surface area is 42.3 Å². The van der Waals surface area contributed by atoms with Crippen molar-refractivity contribution in [3.63, 3.8) is 0 Å². The lowest BCUT2D eigenvalue weighted by molar-refractivity contribution is 0.489. The van der Waals surface area contributed by atoms with E-state index in [2.05, 4.69) is 18.2 Å². The van der Waals surface area contributed by atoms with Crippen molar-refractivity contribution in [2.24, 2.45) is 0 Å². The summed E-state index contributed by atoms with van der Waals surface area (Å²) < 4.78 is 1.69. The number of thiol groups is 1. The van der Waals surface area contributed by atoms with E-state index in [4.69, 9.17) is 0 Å². The van der Waals surface area contributed by atoms with Crippen LogP contribution in [-0.4, -0.2) is 11.0 Å². The third kappa shape index (κ3) is 0.666. The largest absolute Gasteiger partial charge is 0.317 e. The van der Waals surface area contributed by atoms with Crippen LogP contribution in [0.2, 0.25) is 0 Å². The standard InChI is InChI=1S/C3H6N2S/c6-5-3-1-2-4-5/h1-2,4,6H,3H2. The molecular formula is C3H6N2S. The van der Waals surface area contributed by atoms with Gasteiger partial charge >= 0.3 is 0 Å². The molecule has 2 nitrogen and oxygen atoms in total. The zero-order valence-electron chi connectivity index (χ0n) is 3.26. The number of hydrogen-bond acceptors (Lipinski definition) is 3. The SMILES string of the molecule is SN1CC=CN1. The molecule has 1 rings (SSSR count). The van der Waals surface area contributed by atoms with Gasteiger partial charge in [0.15, 0.2) is 0 Å². The highest BCUT2D eigenvalue weighted by molar-refractivity contribution is 7.77. The molecule has 1 heterocycles. The van der Waals surface area contributed by atoms with Crippen molar-refractivity contribution in [3.8, 4) is 0 Å². The molecule has 0 unspecified atom stereocenters. The molecule has 0 amide bonds. The minimum atomic E-state index is 0.892. The first-order chi connectivity index (χ1) is 2.89. The molecule has 6 heavy (non-hydrogen) atoms. The number of rotatable bonds is 0. The molecule has 0 saturated heterocycles. The first-order valence-electron chi connectivity index (χ1n) is 1.77. The zero-order chi connectivity index (χ0) is 4.41. The molecular weight excluding hydrogens is 96.1 g/mol. The normalized spacial score (nSPS) is 21.5. The van der Waals surface area contributed by atoms with E-state index in [0.29, 0.717) is 0 Å². The van der Waals surface area contributed by atoms with Gasteiger partial charge in [0, 0.05) is 12.7 Å². The Bertz CT molecular complexity index is 63.2. The molecule has 1 N–H and O–H groups in total. The summed E-state index contributed by atoms with van der Waals surface area (Å²) in [6, 6.07) is 0. The zero-order valence-corrected chi connectivity index (χ0v) is 4.15. The maximum atomic E-state index is 3.95. The molecule has 34 valence electrons. The molecule has 0 aliphatic carbocycles. The van der Waals surface area contributed by atoms with Crippen molar-refractivity contribution < 1.29 is 0 Å². The predicted molar refractivity (Wildman–Crippen MR) is 28.0 cm³/mol. The van der Waals surface area contributed by atoms with Gasteiger partial charge in [0.05, 0.1) is 0 Å². The molecule has 0 aromatic rings. The van der Waals surface area contributed by atoms with Gasteiger partial charge in [-0.1, -0.05) is 18.9 Å². The Morgan fingerprint density at radius 1 is 1.83 bits per heavy atom. The van der Waals surface area contributed by atoms with E-state index in [0.717, 1.165) is 6.54 Å². The predicted octanol–water partition coefficient (Wildman–Crippen LogP) is 0.165. The van der Waals surface area contributed by atoms with Crippen LogP contribution in [0, 0.1) is 0 Å². The highest BCUT2D eigenvalue weighted by Crippen LogP contribution is 1.92. The van der Waals surface area contributed by atoms with E-state index in [9.17, 15) is 0 Å². The van der Waals surface area contributed by atoms with Crippen LogP contribution in [0.15, 0.2) is 12.3 Å². The molecule has 0 saturated carbocycles. The average molecular weight is 102 g/mol. The summed E-state index contributed by atoms with van der Waals surface area (Å²) in [5.41, 5.74) is 2.84. The second-order valence-electron chi connectivity index (χ2n) is 1.11. The highest BCUT2D eigenvalue weighted by Gasteiger charge is 1.94. The molecule has 1 aliphatic heterocycles. The molecule has 0 spiro atoms. The Balaban J connectivity index is 2.32. The Hall–Kier alpha value is -0.150. The van der Waals surface area contributed by atoms with Gasteiger partial charge < -0.3 is 5.43 Å². The Morgan fingerprint density at radius 3 is 2.83 bits per heavy atom. The summed E-state index contributed by atoms with van der Waals surface area (Å²) in [6.07, 6.45) is 3.85. The van der Waals surface area contributed by atoms with Gasteiger partial charge in [-0.2, -0.15) is 4.41 Å². The molecule has 3 heteroatoms. The molecule has 1 aliphatic rings. The van der Waals surface area contributed by atoms with Crippen LogP contribution < -0.4 is 5.43 Å². The molecule has 0 radical (unpaired) electrons. The van der Waals surface area contributed by atoms with Crippen LogP contribution in [0.25, 0.3) is 0 Å². The maximum Gasteiger partial charge on any atom is 0.0489 e. The van der Waals surface area contributed by atoms with E-state index in [1.54, 1.807) is 4.41 Å². The Kier molecular flexibility index (Phi) is 1.03. The van der Waals surface area contributed by atoms with E-state index >= 15 is 0 Å². The summed E-state index contributed by atoms with van der Waals surface area (Å²) >= 11 is 3.95. The first kappa shape index (κ1) is 4.02. The smallest absolute Gasteiger partial charge is 0.0489 e. The molecule has 0 aromatic carbocycles. The van der Waals surface area contributed by atoms with E-state index in [-0.39, 0.29) is 0 Å². The van der Waals surface area contributed by atoms with Crippen molar-refractivity contribution in [3.05, 3.63) is 12.3 Å². The van der Waals surface area contributed by atoms with Gasteiger partial charge in [-0.3, -0.25) is 0 Å². The lowest BCUT2D eigenvalue weighted by atomic mass is 10.7. The number of hydrazine groups is 1. The molecule has 0 atom stereocenters. The van der Waals surface area contributed by atoms with Gasteiger partial charge in [-0.15, -0.1) is 0 Å². The van der Waals surface area contributed by atoms with Gasteiger partial charge in [-0.05, 0) is 0 Å². The second kappa shape index (κ2) is 1.53. The van der Waals surface area contributed by atoms with E-state index < -0.39 is 0 Å². The minimum absolute atomic E-state index is 0.892. The van der Waals surface area contributed by atoms with Crippen molar-refractivity contribution >= 4 is 12.8 Å². The quantitative estimate of drug-likeness (QED) is 0.424. The lowest BCUT2D eigenvalue weighted by Gasteiger charge is -2.02. The van der Waals surface area contributed by atoms with Crippen LogP contribution in [0.5, 0.6) is 0 Å². The number of nitrogens with zero attached hydrogens (tertiary/aromatic N) is 1. The minimum Gasteiger partial charge on any atom is -0.317 e. The summed E-state index contributed by atoms with van der Waals surface area (Å²) in [5.74, 6) is 0. The van der Waals surface area contributed by atoms with Gasteiger partial charge in [-0.25, -0.2) is 0 Å². The van der Waals surface area contributed by atoms with Crippen molar-refractivity contribution in [1.29, 1.82) is 0 Å². The number of nitrogens with one attached hydrogen (secondary N) is 1. The van der Waals surface area contributed by atoms with Gasteiger partial charge in [0.1, 0.15) is 0 Å². The van der Waals surface area contributed by atoms with Gasteiger partial charge in [0.25, 0.3) is 0 Å². The van der Waals surface area contributed by atoms with E-state index in [1.165, 1.54) is 0 Å². The molecule has 0 fully saturated rings. The van der Waals surface area contributed by atoms with Crippen molar-refractivity contribution in [1.82, 2.24) is 9.84 Å². The molecule has 0 aromatic heterocycles. The van der Waals surface area contributed by atoms with E-state index in [1.807, 2.05) is 12.3 Å². The fourth-order valence-electron chi connectivity index (χ4n) is 0.344. The van der Waals surface area contributed by atoms with Crippen LogP contribution >= 0.6 is 12.8 Å². The van der Waals surface area contributed by atoms with Crippen molar-refractivity contribution in [2.45, 2.75) is 0 Å². The summed E-state index contributed by atoms with van der Waals surface area (Å²) in [7, 11) is 0. The topological polar surface area (TPSA) is 15.3 Å². The van der Waals surface area contributed by atoms with Crippen LogP contribution in [-0.2, 0) is 0 Å². The maximum absolute atomic E-state index is 3.95. The highest BCUT2D eigenvalue weighted by atomic mass is 32.1. The summed E-state index contributed by atoms with van der Waals surface area (Å²) in [6.45, 7) is 0.892. The van der Waals surface area contributed by atoms with Crippen LogP contribution in [0.4, 0.5) is 0 Å². The van der Waals surface area contributed by atoms with Crippen LogP contribution in [0.3, 0.4) is 0 Å². The fraction of sp³-hybridized carbons (Fsp3) is 0.333. The monoisotopic (exact) mass is 102 g/mol. The lowest BCUT2D eigenvalue weighted by Crippen LogP contribution is -2.17. The fourth-order valence-corrected chi connectivity index (χ4v) is 0.505. The Morgan fingerprint density at radius 2 is 2.67 bits per heavy atom. The van der Waals surface area contributed by atoms with Gasteiger partial charge in [0.2, 0.25) is 0 Å². The average Bonchev–Trinajstić information content (AvgIpc) is 1.86. The third-order valence-electron chi connectivity index (χ3n) is 0.620. The third-order valence-corrected chi connectivity index (χ3v) is 0.899. The van der Waals surface area contributed by atoms with Crippen LogP contribution in [0.1, 0.15) is 0 Å². The first-order valence-corrected chi connectivity index (χ1v) is 2.17. The molecule has 0 bridgehead atoms. The summed E-state index contributed by atoms with van der Waals surface area (Å²) in [5, 5.41) is 0. The number of hydrogen-bond donors (Lipinski definition) is 2. The van der Waals surface area contributed by atoms with Crippen molar-refractivity contribution in [2.75, 3.05) is 6.54 Å². The second-order valence-corrected chi connectivity index (χ2v) is 1.60.